The molecule has 0 aliphatic heterocycles. The molecule has 19 heavy (non-hydrogen) atoms. The molecule has 0 aliphatic carbocycles. The molecule has 0 rings (SSSR count). The smallest absolute Gasteiger partial charge is 0.303 e. The van der Waals surface area contributed by atoms with Crippen LogP contribution in [0, 0.1) is 0 Å². The van der Waals surface area contributed by atoms with E-state index in [0.717, 1.165) is 12.8 Å². The highest BCUT2D eigenvalue weighted by Crippen LogP contribution is 2.37. The SMILES string of the molecule is C=C[C@H](CC[C@H](C)O[Si](C)(C)C(C)(C)C)OC(C)=O. The van der Waals surface area contributed by atoms with E-state index in [1.54, 1.807) is 6.08 Å². The van der Waals surface area contributed by atoms with Crippen molar-refractivity contribution < 1.29 is 14.0 Å². The van der Waals surface area contributed by atoms with E-state index in [-0.39, 0.29) is 23.2 Å². The fourth-order valence-electron chi connectivity index (χ4n) is 1.58. The van der Waals surface area contributed by atoms with Crippen molar-refractivity contribution in [1.29, 1.82) is 0 Å². The normalized spacial score (nSPS) is 15.7. The molecule has 0 saturated carbocycles. The van der Waals surface area contributed by atoms with Crippen LogP contribution in [0.4, 0.5) is 0 Å². The molecular weight excluding hydrogens is 256 g/mol. The Labute approximate surface area is 119 Å². The van der Waals surface area contributed by atoms with Crippen molar-refractivity contribution in [2.24, 2.45) is 0 Å². The summed E-state index contributed by atoms with van der Waals surface area (Å²) in [6.45, 7) is 18.4. The van der Waals surface area contributed by atoms with Crippen LogP contribution in [-0.4, -0.2) is 26.5 Å². The van der Waals surface area contributed by atoms with Crippen LogP contribution in [0.2, 0.25) is 18.1 Å². The van der Waals surface area contributed by atoms with Crippen LogP contribution >= 0.6 is 0 Å². The molecule has 0 aromatic heterocycles. The third kappa shape index (κ3) is 6.92. The molecule has 2 atom stereocenters. The van der Waals surface area contributed by atoms with E-state index in [4.69, 9.17) is 9.16 Å². The van der Waals surface area contributed by atoms with Crippen LogP contribution in [0.1, 0.15) is 47.5 Å². The zero-order valence-electron chi connectivity index (χ0n) is 13.6. The van der Waals surface area contributed by atoms with E-state index in [0.29, 0.717) is 0 Å². The molecule has 4 heteroatoms. The number of hydrogen-bond donors (Lipinski definition) is 0. The first-order chi connectivity index (χ1) is 8.49. The number of carbonyl (C=O) groups is 1. The van der Waals surface area contributed by atoms with Gasteiger partial charge in [-0.25, -0.2) is 0 Å². The van der Waals surface area contributed by atoms with E-state index in [2.05, 4.69) is 47.4 Å². The highest BCUT2D eigenvalue weighted by atomic mass is 28.4. The molecule has 0 aromatic rings. The molecule has 0 aromatic carbocycles. The van der Waals surface area contributed by atoms with Gasteiger partial charge in [0, 0.05) is 13.0 Å². The third-order valence-electron chi connectivity index (χ3n) is 3.74. The lowest BCUT2D eigenvalue weighted by Gasteiger charge is -2.38. The summed E-state index contributed by atoms with van der Waals surface area (Å²) in [4.78, 5) is 10.9. The van der Waals surface area contributed by atoms with Gasteiger partial charge in [0.1, 0.15) is 6.10 Å². The third-order valence-corrected chi connectivity index (χ3v) is 8.34. The van der Waals surface area contributed by atoms with Crippen molar-refractivity contribution in [1.82, 2.24) is 0 Å². The molecule has 0 unspecified atom stereocenters. The minimum absolute atomic E-state index is 0.180. The van der Waals surface area contributed by atoms with Crippen molar-refractivity contribution in [3.05, 3.63) is 12.7 Å². The molecule has 3 nitrogen and oxygen atoms in total. The van der Waals surface area contributed by atoms with Crippen molar-refractivity contribution >= 4 is 14.3 Å². The first kappa shape index (κ1) is 18.4. The molecule has 0 amide bonds. The highest BCUT2D eigenvalue weighted by molar-refractivity contribution is 6.74. The zero-order chi connectivity index (χ0) is 15.3. The summed E-state index contributed by atoms with van der Waals surface area (Å²) in [6.07, 6.45) is 3.29. The number of rotatable bonds is 7. The Morgan fingerprint density at radius 1 is 1.32 bits per heavy atom. The Morgan fingerprint density at radius 3 is 2.21 bits per heavy atom. The lowest BCUT2D eigenvalue weighted by molar-refractivity contribution is -0.144. The van der Waals surface area contributed by atoms with Gasteiger partial charge >= 0.3 is 5.97 Å². The molecule has 112 valence electrons. The molecule has 0 bridgehead atoms. The van der Waals surface area contributed by atoms with Crippen LogP contribution in [0.15, 0.2) is 12.7 Å². The minimum Gasteiger partial charge on any atom is -0.458 e. The second-order valence-electron chi connectivity index (χ2n) is 6.65. The summed E-state index contributed by atoms with van der Waals surface area (Å²) < 4.78 is 11.4. The van der Waals surface area contributed by atoms with Gasteiger partial charge in [-0.2, -0.15) is 0 Å². The Bertz CT molecular complexity index is 305. The number of esters is 1. The second-order valence-corrected chi connectivity index (χ2v) is 11.4. The van der Waals surface area contributed by atoms with E-state index in [9.17, 15) is 4.79 Å². The standard InChI is InChI=1S/C15H30O3Si/c1-9-14(17-13(3)16)11-10-12(2)18-19(7,8)15(4,5)6/h9,12,14H,1,10-11H2,2-8H3/t12-,14+/m0/s1. The largest absolute Gasteiger partial charge is 0.458 e. The molecule has 0 aliphatic rings. The Morgan fingerprint density at radius 2 is 1.84 bits per heavy atom. The summed E-state index contributed by atoms with van der Waals surface area (Å²) >= 11 is 0. The summed E-state index contributed by atoms with van der Waals surface area (Å²) in [5.41, 5.74) is 0. The lowest BCUT2D eigenvalue weighted by Crippen LogP contribution is -2.43. The summed E-state index contributed by atoms with van der Waals surface area (Å²) in [5.74, 6) is -0.261. The summed E-state index contributed by atoms with van der Waals surface area (Å²) in [5, 5.41) is 0.217. The van der Waals surface area contributed by atoms with E-state index in [1.165, 1.54) is 6.92 Å². The van der Waals surface area contributed by atoms with Gasteiger partial charge in [0.05, 0.1) is 0 Å². The quantitative estimate of drug-likeness (QED) is 0.398. The fourth-order valence-corrected chi connectivity index (χ4v) is 3.05. The predicted octanol–water partition coefficient (Wildman–Crippen LogP) is 4.29. The van der Waals surface area contributed by atoms with Gasteiger partial charge < -0.3 is 9.16 Å². The molecule has 0 radical (unpaired) electrons. The average molecular weight is 286 g/mol. The molecule has 0 saturated heterocycles. The lowest BCUT2D eigenvalue weighted by atomic mass is 10.1. The van der Waals surface area contributed by atoms with Gasteiger partial charge in [-0.3, -0.25) is 4.79 Å². The molecule has 0 N–H and O–H groups in total. The molecular formula is C15H30O3Si. The van der Waals surface area contributed by atoms with Crippen molar-refractivity contribution in [3.63, 3.8) is 0 Å². The van der Waals surface area contributed by atoms with Gasteiger partial charge in [0.15, 0.2) is 8.32 Å². The fraction of sp³-hybridized carbons (Fsp3) is 0.800. The average Bonchev–Trinajstić information content (AvgIpc) is 2.21. The molecule has 0 fully saturated rings. The summed E-state index contributed by atoms with van der Waals surface area (Å²) in [6, 6.07) is 0. The Hall–Kier alpha value is -0.613. The van der Waals surface area contributed by atoms with Crippen LogP contribution in [-0.2, 0) is 14.0 Å². The monoisotopic (exact) mass is 286 g/mol. The van der Waals surface area contributed by atoms with Crippen LogP contribution < -0.4 is 0 Å². The van der Waals surface area contributed by atoms with Crippen LogP contribution in [0.3, 0.4) is 0 Å². The summed E-state index contributed by atoms with van der Waals surface area (Å²) in [7, 11) is -1.72. The topological polar surface area (TPSA) is 35.5 Å². The maximum absolute atomic E-state index is 10.9. The number of hydrogen-bond acceptors (Lipinski definition) is 3. The Balaban J connectivity index is 4.28. The molecule has 0 heterocycles. The van der Waals surface area contributed by atoms with Crippen molar-refractivity contribution in [2.45, 2.75) is 77.8 Å². The predicted molar refractivity (Wildman–Crippen MR) is 82.7 cm³/mol. The minimum atomic E-state index is -1.72. The second kappa shape index (κ2) is 7.24. The zero-order valence-corrected chi connectivity index (χ0v) is 14.6. The van der Waals surface area contributed by atoms with Crippen LogP contribution in [0.25, 0.3) is 0 Å². The first-order valence-corrected chi connectivity index (χ1v) is 9.88. The van der Waals surface area contributed by atoms with Gasteiger partial charge in [-0.15, -0.1) is 0 Å². The van der Waals surface area contributed by atoms with Gasteiger partial charge in [0.2, 0.25) is 0 Å². The maximum Gasteiger partial charge on any atom is 0.303 e. The van der Waals surface area contributed by atoms with E-state index in [1.807, 2.05) is 0 Å². The van der Waals surface area contributed by atoms with E-state index >= 15 is 0 Å². The Kier molecular flexibility index (Phi) is 7.01. The van der Waals surface area contributed by atoms with Crippen molar-refractivity contribution in [3.8, 4) is 0 Å². The van der Waals surface area contributed by atoms with Crippen LogP contribution in [0.5, 0.6) is 0 Å². The first-order valence-electron chi connectivity index (χ1n) is 6.97. The van der Waals surface area contributed by atoms with Gasteiger partial charge in [0.25, 0.3) is 0 Å². The van der Waals surface area contributed by atoms with Crippen molar-refractivity contribution in [2.75, 3.05) is 0 Å². The van der Waals surface area contributed by atoms with E-state index < -0.39 is 8.32 Å². The maximum atomic E-state index is 10.9. The highest BCUT2D eigenvalue weighted by Gasteiger charge is 2.38. The van der Waals surface area contributed by atoms with Gasteiger partial charge in [-0.1, -0.05) is 33.4 Å². The number of carbonyl (C=O) groups excluding carboxylic acids is 1. The number of ether oxygens (including phenoxy) is 1. The molecule has 0 spiro atoms. The van der Waals surface area contributed by atoms with Gasteiger partial charge in [-0.05, 0) is 37.9 Å².